The van der Waals surface area contributed by atoms with Crippen molar-refractivity contribution >= 4 is 90.4 Å². The highest BCUT2D eigenvalue weighted by molar-refractivity contribution is 9.11. The molecule has 2 saturated heterocycles. The number of benzene rings is 2. The van der Waals surface area contributed by atoms with E-state index in [1.54, 1.807) is 48.3 Å². The SMILES string of the molecule is CC(C)(C)OC(=O)N1CC(C(=O)Nc2cc(Cl)ccc2Br)C1.CN(C(=O)C1CN(C(=O)OC(C)(C)C)C1)c1cc(Cl)ccc1Br. The van der Waals surface area contributed by atoms with Crippen molar-refractivity contribution in [1.29, 1.82) is 0 Å². The lowest BCUT2D eigenvalue weighted by molar-refractivity contribution is -0.127. The second-order valence-corrected chi connectivity index (χ2v) is 15.4. The second-order valence-electron chi connectivity index (χ2n) is 12.8. The number of halogens is 4. The Morgan fingerprint density at radius 2 is 1.22 bits per heavy atom. The molecule has 0 atom stereocenters. The summed E-state index contributed by atoms with van der Waals surface area (Å²) in [4.78, 5) is 53.0. The van der Waals surface area contributed by atoms with E-state index < -0.39 is 11.2 Å². The molecule has 2 fully saturated rings. The highest BCUT2D eigenvalue weighted by atomic mass is 79.9. The van der Waals surface area contributed by atoms with E-state index in [4.69, 9.17) is 32.7 Å². The molecule has 0 spiro atoms. The predicted molar refractivity (Wildman–Crippen MR) is 183 cm³/mol. The molecule has 0 aromatic heterocycles. The minimum Gasteiger partial charge on any atom is -0.444 e. The molecule has 0 bridgehead atoms. The number of carbonyl (C=O) groups is 4. The standard InChI is InChI=1S/C16H20BrClN2O3.C15H18BrClN2O3/c1-16(2,3)23-15(22)20-8-10(9-20)14(21)19(4)13-7-11(18)5-6-12(13)17;1-15(2,3)22-14(21)19-7-9(8-19)13(20)18-12-6-10(17)4-5-11(12)16/h5-7,10H,8-9H2,1-4H3;4-6,9H,7-8H2,1-3H3,(H,18,20). The van der Waals surface area contributed by atoms with Crippen LogP contribution in [0.1, 0.15) is 41.5 Å². The summed E-state index contributed by atoms with van der Waals surface area (Å²) in [6.45, 7) is 12.3. The van der Waals surface area contributed by atoms with Gasteiger partial charge in [0.2, 0.25) is 11.8 Å². The van der Waals surface area contributed by atoms with Crippen LogP contribution in [-0.4, -0.2) is 78.2 Å². The first-order valence-electron chi connectivity index (χ1n) is 14.2. The van der Waals surface area contributed by atoms with Crippen molar-refractivity contribution in [2.24, 2.45) is 11.8 Å². The highest BCUT2D eigenvalue weighted by Crippen LogP contribution is 2.31. The molecule has 246 valence electrons. The number of hydrogen-bond donors (Lipinski definition) is 1. The third-order valence-electron chi connectivity index (χ3n) is 6.57. The summed E-state index contributed by atoms with van der Waals surface area (Å²) in [5.74, 6) is -0.646. The lowest BCUT2D eigenvalue weighted by atomic mass is 9.99. The van der Waals surface area contributed by atoms with E-state index in [1.807, 2.05) is 41.5 Å². The maximum atomic E-state index is 12.5. The molecule has 4 amide bonds. The summed E-state index contributed by atoms with van der Waals surface area (Å²) in [6, 6.07) is 10.5. The van der Waals surface area contributed by atoms with E-state index in [9.17, 15) is 19.2 Å². The third kappa shape index (κ3) is 10.8. The highest BCUT2D eigenvalue weighted by Gasteiger charge is 2.40. The third-order valence-corrected chi connectivity index (χ3v) is 8.41. The maximum absolute atomic E-state index is 12.5. The first-order chi connectivity index (χ1) is 20.7. The van der Waals surface area contributed by atoms with Gasteiger partial charge in [-0.15, -0.1) is 0 Å². The Morgan fingerprint density at radius 1 is 0.778 bits per heavy atom. The van der Waals surface area contributed by atoms with E-state index >= 15 is 0 Å². The van der Waals surface area contributed by atoms with Crippen LogP contribution in [0.25, 0.3) is 0 Å². The number of nitrogens with one attached hydrogen (secondary N) is 1. The number of carbonyl (C=O) groups excluding carboxylic acids is 4. The molecule has 45 heavy (non-hydrogen) atoms. The van der Waals surface area contributed by atoms with Crippen molar-refractivity contribution in [3.63, 3.8) is 0 Å². The van der Waals surface area contributed by atoms with Crippen molar-refractivity contribution in [2.75, 3.05) is 43.4 Å². The van der Waals surface area contributed by atoms with Gasteiger partial charge in [-0.05, 0) is 110 Å². The van der Waals surface area contributed by atoms with Crippen molar-refractivity contribution in [3.8, 4) is 0 Å². The Labute approximate surface area is 290 Å². The first kappa shape index (κ1) is 36.9. The zero-order chi connectivity index (χ0) is 33.9. The molecule has 2 aliphatic heterocycles. The minimum absolute atomic E-state index is 0.0484. The van der Waals surface area contributed by atoms with Gasteiger partial charge >= 0.3 is 12.2 Å². The molecule has 1 N–H and O–H groups in total. The molecule has 14 heteroatoms. The molecule has 0 radical (unpaired) electrons. The Hall–Kier alpha value is -2.54. The maximum Gasteiger partial charge on any atom is 0.410 e. The van der Waals surface area contributed by atoms with Gasteiger partial charge in [0.25, 0.3) is 0 Å². The van der Waals surface area contributed by atoms with Gasteiger partial charge in [0.05, 0.1) is 23.2 Å². The summed E-state index contributed by atoms with van der Waals surface area (Å²) in [6.07, 6.45) is -0.770. The van der Waals surface area contributed by atoms with Gasteiger partial charge in [-0.25, -0.2) is 9.59 Å². The topological polar surface area (TPSA) is 108 Å². The molecule has 2 aliphatic rings. The molecule has 2 aromatic rings. The molecule has 2 heterocycles. The van der Waals surface area contributed by atoms with Crippen LogP contribution in [0.4, 0.5) is 21.0 Å². The summed E-state index contributed by atoms with van der Waals surface area (Å²) in [5.41, 5.74) is 0.261. The number of hydrogen-bond acceptors (Lipinski definition) is 6. The van der Waals surface area contributed by atoms with Gasteiger partial charge < -0.3 is 29.5 Å². The summed E-state index contributed by atoms with van der Waals surface area (Å²) < 4.78 is 12.1. The lowest BCUT2D eigenvalue weighted by Crippen LogP contribution is -2.57. The zero-order valence-electron chi connectivity index (χ0n) is 26.3. The minimum atomic E-state index is -0.533. The van der Waals surface area contributed by atoms with Crippen LogP contribution in [0, 0.1) is 11.8 Å². The number of ether oxygens (including phenoxy) is 2. The smallest absolute Gasteiger partial charge is 0.410 e. The average Bonchev–Trinajstić information content (AvgIpc) is 2.83. The van der Waals surface area contributed by atoms with Crippen LogP contribution in [0.2, 0.25) is 10.0 Å². The Morgan fingerprint density at radius 3 is 1.71 bits per heavy atom. The molecule has 0 saturated carbocycles. The average molecular weight is 793 g/mol. The van der Waals surface area contributed by atoms with Crippen LogP contribution >= 0.6 is 55.1 Å². The summed E-state index contributed by atoms with van der Waals surface area (Å²) in [7, 11) is 1.70. The van der Waals surface area contributed by atoms with E-state index in [0.717, 1.165) is 8.95 Å². The van der Waals surface area contributed by atoms with Gasteiger partial charge in [0.15, 0.2) is 0 Å². The molecule has 4 rings (SSSR count). The summed E-state index contributed by atoms with van der Waals surface area (Å²) in [5, 5.41) is 3.92. The van der Waals surface area contributed by atoms with Crippen LogP contribution < -0.4 is 10.2 Å². The molecule has 10 nitrogen and oxygen atoms in total. The fourth-order valence-corrected chi connectivity index (χ4v) is 5.39. The van der Waals surface area contributed by atoms with Crippen LogP contribution in [-0.2, 0) is 19.1 Å². The number of nitrogens with zero attached hydrogens (tertiary/aromatic N) is 3. The fraction of sp³-hybridized carbons (Fsp3) is 0.484. The Bertz CT molecular complexity index is 1430. The van der Waals surface area contributed by atoms with Crippen LogP contribution in [0.3, 0.4) is 0 Å². The van der Waals surface area contributed by atoms with Gasteiger partial charge in [-0.1, -0.05) is 23.2 Å². The zero-order valence-corrected chi connectivity index (χ0v) is 30.9. The number of rotatable bonds is 4. The Kier molecular flexibility index (Phi) is 12.2. The number of likely N-dealkylation sites (tertiary alicyclic amines) is 2. The van der Waals surface area contributed by atoms with Gasteiger partial charge in [0, 0.05) is 52.2 Å². The monoisotopic (exact) mass is 790 g/mol. The molecule has 0 unspecified atom stereocenters. The van der Waals surface area contributed by atoms with Crippen molar-refractivity contribution < 1.29 is 28.7 Å². The molecule has 2 aromatic carbocycles. The molecule has 0 aliphatic carbocycles. The van der Waals surface area contributed by atoms with Gasteiger partial charge in [0.1, 0.15) is 11.2 Å². The van der Waals surface area contributed by atoms with Crippen LogP contribution in [0.15, 0.2) is 45.3 Å². The van der Waals surface area contributed by atoms with Crippen molar-refractivity contribution in [1.82, 2.24) is 9.80 Å². The Balaban J connectivity index is 0.000000246. The molecular formula is C31H38Br2Cl2N4O6. The first-order valence-corrected chi connectivity index (χ1v) is 16.5. The van der Waals surface area contributed by atoms with Crippen molar-refractivity contribution in [3.05, 3.63) is 55.4 Å². The number of amides is 4. The van der Waals surface area contributed by atoms with E-state index in [2.05, 4.69) is 37.2 Å². The quantitative estimate of drug-likeness (QED) is 0.338. The number of anilines is 2. The van der Waals surface area contributed by atoms with Crippen molar-refractivity contribution in [2.45, 2.75) is 52.7 Å². The van der Waals surface area contributed by atoms with Crippen LogP contribution in [0.5, 0.6) is 0 Å². The van der Waals surface area contributed by atoms with E-state index in [1.165, 1.54) is 9.80 Å². The lowest BCUT2D eigenvalue weighted by Gasteiger charge is -2.40. The van der Waals surface area contributed by atoms with Gasteiger partial charge in [-0.3, -0.25) is 9.59 Å². The van der Waals surface area contributed by atoms with Gasteiger partial charge in [-0.2, -0.15) is 0 Å². The predicted octanol–water partition coefficient (Wildman–Crippen LogP) is 7.84. The second kappa shape index (κ2) is 14.9. The summed E-state index contributed by atoms with van der Waals surface area (Å²) >= 11 is 18.7. The fourth-order valence-electron chi connectivity index (χ4n) is 4.19. The van der Waals surface area contributed by atoms with E-state index in [0.29, 0.717) is 47.6 Å². The molecular weight excluding hydrogens is 755 g/mol. The normalized spacial score (nSPS) is 15.2. The largest absolute Gasteiger partial charge is 0.444 e. The van der Waals surface area contributed by atoms with E-state index in [-0.39, 0.29) is 35.8 Å².